The standard InChI is InChI=1S/C22H15N5.C2H6/c1-27-19(26-20-21(23)24-15-25-22(20)27)14-13-18-11-9-17(10-12-18)8-7-16-5-3-2-4-6-16;1-2/h2-6,9-12,15H,1H3,(H2,23,24,25);1-2H3/i2T;. The topological polar surface area (TPSA) is 69.6 Å². The van der Waals surface area contributed by atoms with Crippen molar-refractivity contribution in [1.82, 2.24) is 19.5 Å². The fourth-order valence-corrected chi connectivity index (χ4v) is 2.51. The molecule has 29 heavy (non-hydrogen) atoms. The first-order chi connectivity index (χ1) is 14.6. The van der Waals surface area contributed by atoms with Crippen LogP contribution in [0.5, 0.6) is 0 Å². The van der Waals surface area contributed by atoms with Gasteiger partial charge in [-0.05, 0) is 42.3 Å². The molecule has 0 saturated carbocycles. The van der Waals surface area contributed by atoms with Gasteiger partial charge in [-0.2, -0.15) is 0 Å². The third-order valence-electron chi connectivity index (χ3n) is 3.96. The summed E-state index contributed by atoms with van der Waals surface area (Å²) < 4.78 is 9.28. The van der Waals surface area contributed by atoms with Crippen molar-refractivity contribution in [2.24, 2.45) is 7.05 Å². The van der Waals surface area contributed by atoms with Crippen LogP contribution in [-0.2, 0) is 7.05 Å². The van der Waals surface area contributed by atoms with Crippen LogP contribution in [0.3, 0.4) is 0 Å². The molecule has 0 unspecified atom stereocenters. The van der Waals surface area contributed by atoms with Gasteiger partial charge in [-0.3, -0.25) is 0 Å². The summed E-state index contributed by atoms with van der Waals surface area (Å²) in [6, 6.07) is 15.3. The fourth-order valence-electron chi connectivity index (χ4n) is 2.51. The Hall–Kier alpha value is -4.09. The lowest BCUT2D eigenvalue weighted by atomic mass is 10.1. The molecule has 2 N–H and O–H groups in total. The minimum absolute atomic E-state index is 0.342. The maximum absolute atomic E-state index is 7.49. The Morgan fingerprint density at radius 1 is 0.862 bits per heavy atom. The molecule has 2 aromatic heterocycles. The number of imidazole rings is 1. The van der Waals surface area contributed by atoms with E-state index < -0.39 is 0 Å². The first-order valence-corrected chi connectivity index (χ1v) is 9.24. The number of fused-ring (bicyclic) bond motifs is 1. The molecule has 0 amide bonds. The highest BCUT2D eigenvalue weighted by Crippen LogP contribution is 2.15. The number of aromatic nitrogens is 4. The van der Waals surface area contributed by atoms with Crippen molar-refractivity contribution in [2.45, 2.75) is 13.8 Å². The minimum atomic E-state index is 0.342. The lowest BCUT2D eigenvalue weighted by Crippen LogP contribution is -1.95. The molecule has 0 bridgehead atoms. The van der Waals surface area contributed by atoms with Gasteiger partial charge >= 0.3 is 0 Å². The van der Waals surface area contributed by atoms with Crippen LogP contribution >= 0.6 is 0 Å². The zero-order chi connectivity index (χ0) is 21.5. The van der Waals surface area contributed by atoms with E-state index >= 15 is 0 Å². The van der Waals surface area contributed by atoms with Gasteiger partial charge in [-0.25, -0.2) is 15.0 Å². The van der Waals surface area contributed by atoms with Crippen LogP contribution in [0.15, 0.2) is 60.9 Å². The summed E-state index contributed by atoms with van der Waals surface area (Å²) in [5.74, 6) is 13.3. The Morgan fingerprint density at radius 2 is 1.41 bits per heavy atom. The molecular weight excluding hydrogens is 358 g/mol. The van der Waals surface area contributed by atoms with Crippen LogP contribution < -0.4 is 5.73 Å². The quantitative estimate of drug-likeness (QED) is 0.471. The molecule has 0 spiro atoms. The second kappa shape index (κ2) is 9.21. The van der Waals surface area contributed by atoms with Crippen LogP contribution in [-0.4, -0.2) is 19.5 Å². The summed E-state index contributed by atoms with van der Waals surface area (Å²) in [5.41, 5.74) is 9.68. The van der Waals surface area contributed by atoms with Gasteiger partial charge in [0.25, 0.3) is 0 Å². The molecule has 0 fully saturated rings. The Morgan fingerprint density at radius 3 is 2.00 bits per heavy atom. The SMILES string of the molecule is CC.[3H]c1ccc(C#Cc2ccc(C#Cc3nc4c(N)ncnc4n3C)cc2)cc1. The summed E-state index contributed by atoms with van der Waals surface area (Å²) in [5, 5.41) is 0. The largest absolute Gasteiger partial charge is 0.382 e. The van der Waals surface area contributed by atoms with Crippen molar-refractivity contribution in [3.05, 3.63) is 83.4 Å². The molecular formula is C24H21N5. The second-order valence-corrected chi connectivity index (χ2v) is 5.79. The number of nitrogens with two attached hydrogens (primary N) is 1. The molecule has 2 aromatic carbocycles. The van der Waals surface area contributed by atoms with Gasteiger partial charge in [0.05, 0.1) is 1.37 Å². The third-order valence-corrected chi connectivity index (χ3v) is 3.96. The highest BCUT2D eigenvalue weighted by molar-refractivity contribution is 5.82. The molecule has 142 valence electrons. The molecule has 2 heterocycles. The van der Waals surface area contributed by atoms with Gasteiger partial charge in [0.15, 0.2) is 22.8 Å². The average molecular weight is 381 g/mol. The number of hydrogen-bond donors (Lipinski definition) is 1. The van der Waals surface area contributed by atoms with E-state index in [2.05, 4.69) is 38.6 Å². The minimum Gasteiger partial charge on any atom is -0.382 e. The van der Waals surface area contributed by atoms with Crippen molar-refractivity contribution in [1.29, 1.82) is 0 Å². The molecule has 4 rings (SSSR count). The van der Waals surface area contributed by atoms with E-state index in [0.717, 1.165) is 16.7 Å². The summed E-state index contributed by atoms with van der Waals surface area (Å²) >= 11 is 0. The molecule has 0 atom stereocenters. The summed E-state index contributed by atoms with van der Waals surface area (Å²) in [4.78, 5) is 12.6. The van der Waals surface area contributed by atoms with Gasteiger partial charge in [-0.15, -0.1) is 0 Å². The van der Waals surface area contributed by atoms with Crippen molar-refractivity contribution >= 4 is 17.0 Å². The number of nitrogens with zero attached hydrogens (tertiary/aromatic N) is 4. The molecule has 5 heteroatoms. The normalized spacial score (nSPS) is 9.97. The van der Waals surface area contributed by atoms with Crippen molar-refractivity contribution in [2.75, 3.05) is 5.73 Å². The smallest absolute Gasteiger partial charge is 0.187 e. The molecule has 4 aromatic rings. The van der Waals surface area contributed by atoms with E-state index in [0.29, 0.717) is 28.8 Å². The lowest BCUT2D eigenvalue weighted by Gasteiger charge is -1.95. The van der Waals surface area contributed by atoms with Crippen molar-refractivity contribution < 1.29 is 1.37 Å². The van der Waals surface area contributed by atoms with Crippen LogP contribution in [0.4, 0.5) is 5.82 Å². The van der Waals surface area contributed by atoms with Gasteiger partial charge in [-0.1, -0.05) is 49.8 Å². The lowest BCUT2D eigenvalue weighted by molar-refractivity contribution is 0.908. The molecule has 5 nitrogen and oxygen atoms in total. The first kappa shape index (κ1) is 18.3. The number of aryl methyl sites for hydroxylation is 1. The number of hydrogen-bond acceptors (Lipinski definition) is 4. The number of rotatable bonds is 0. The molecule has 0 aliphatic carbocycles. The van der Waals surface area contributed by atoms with Gasteiger partial charge in [0, 0.05) is 23.7 Å². The monoisotopic (exact) mass is 381 g/mol. The molecule has 0 saturated heterocycles. The highest BCUT2D eigenvalue weighted by atomic mass is 15.1. The van der Waals surface area contributed by atoms with E-state index in [-0.39, 0.29) is 0 Å². The van der Waals surface area contributed by atoms with E-state index in [1.165, 1.54) is 6.33 Å². The zero-order valence-electron chi connectivity index (χ0n) is 17.6. The van der Waals surface area contributed by atoms with Gasteiger partial charge in [0.2, 0.25) is 0 Å². The van der Waals surface area contributed by atoms with Crippen LogP contribution in [0.25, 0.3) is 11.2 Å². The summed E-state index contributed by atoms with van der Waals surface area (Å²) in [7, 11) is 1.84. The predicted octanol–water partition coefficient (Wildman–Crippen LogP) is 3.77. The molecule has 0 radical (unpaired) electrons. The van der Waals surface area contributed by atoms with Crippen LogP contribution in [0.2, 0.25) is 0 Å². The Kier molecular flexibility index (Phi) is 5.81. The van der Waals surface area contributed by atoms with E-state index in [1.54, 1.807) is 16.7 Å². The van der Waals surface area contributed by atoms with E-state index in [9.17, 15) is 0 Å². The van der Waals surface area contributed by atoms with Crippen molar-refractivity contribution in [3.63, 3.8) is 0 Å². The predicted molar refractivity (Wildman–Crippen MR) is 117 cm³/mol. The Balaban J connectivity index is 0.00000124. The first-order valence-electron chi connectivity index (χ1n) is 9.74. The number of anilines is 1. The number of nitrogen functional groups attached to an aromatic ring is 1. The highest BCUT2D eigenvalue weighted by Gasteiger charge is 2.09. The maximum atomic E-state index is 7.49. The molecule has 0 aliphatic heterocycles. The fraction of sp³-hybridized carbons (Fsp3) is 0.125. The zero-order valence-corrected chi connectivity index (χ0v) is 16.6. The van der Waals surface area contributed by atoms with Crippen LogP contribution in [0, 0.1) is 23.7 Å². The van der Waals surface area contributed by atoms with Gasteiger partial charge < -0.3 is 10.3 Å². The Bertz CT molecular complexity index is 1280. The average Bonchev–Trinajstić information content (AvgIpc) is 3.11. The maximum Gasteiger partial charge on any atom is 0.187 e. The number of benzene rings is 2. The molecule has 0 aliphatic rings. The van der Waals surface area contributed by atoms with Crippen molar-refractivity contribution in [3.8, 4) is 23.7 Å². The van der Waals surface area contributed by atoms with E-state index in [4.69, 9.17) is 7.10 Å². The second-order valence-electron chi connectivity index (χ2n) is 5.79. The summed E-state index contributed by atoms with van der Waals surface area (Å²) in [6.07, 6.45) is 1.41. The Labute approximate surface area is 172 Å². The van der Waals surface area contributed by atoms with Gasteiger partial charge in [0.1, 0.15) is 6.33 Å². The third kappa shape index (κ3) is 4.61. The summed E-state index contributed by atoms with van der Waals surface area (Å²) in [6.45, 7) is 4.00. The van der Waals surface area contributed by atoms with Crippen LogP contribution in [0.1, 0.15) is 37.7 Å². The van der Waals surface area contributed by atoms with E-state index in [1.807, 2.05) is 57.3 Å².